The molecule has 0 bridgehead atoms. The molecular formula is C62H49BrN4O6. The van der Waals surface area contributed by atoms with Crippen LogP contribution in [0.25, 0.3) is 86.2 Å². The van der Waals surface area contributed by atoms with Gasteiger partial charge in [-0.25, -0.2) is 0 Å². The number of alkyl halides is 1. The smallest absolute Gasteiger partial charge is 0.129 e. The SMILES string of the molecule is CC(=O)CCCCCBr.CC(=O)CCCCCOc1ccc2c(ccc3c(C#N)c(C#N)c4ccc5cc(O)ccc5c4c32)c1.N#Cc1c(C#N)c2ccc3cc(O)ccc3c2c2c1ccc1cc(O)ccc12. The van der Waals surface area contributed by atoms with Crippen LogP contribution < -0.4 is 4.74 Å². The summed E-state index contributed by atoms with van der Waals surface area (Å²) in [6.45, 7) is 3.85. The lowest BCUT2D eigenvalue weighted by atomic mass is 9.87. The molecule has 11 heteroatoms. The number of nitrogens with zero attached hydrogens (tertiary/aromatic N) is 4. The molecule has 0 aromatic heterocycles. The average molecular weight is 1030 g/mol. The second-order valence-electron chi connectivity index (χ2n) is 18.1. The number of phenolic OH excluding ortho intramolecular Hbond substituents is 3. The Bertz CT molecular complexity index is 3910. The van der Waals surface area contributed by atoms with Crippen LogP contribution in [0.5, 0.6) is 23.0 Å². The van der Waals surface area contributed by atoms with E-state index < -0.39 is 0 Å². The molecule has 0 unspecified atom stereocenters. The van der Waals surface area contributed by atoms with E-state index in [1.807, 2.05) is 84.9 Å². The number of carbonyl (C=O) groups excluding carboxylic acids is 2. The molecular weight excluding hydrogens is 977 g/mol. The first-order valence-corrected chi connectivity index (χ1v) is 25.2. The van der Waals surface area contributed by atoms with Gasteiger partial charge >= 0.3 is 0 Å². The van der Waals surface area contributed by atoms with Gasteiger partial charge in [0.2, 0.25) is 0 Å². The van der Waals surface area contributed by atoms with Gasteiger partial charge in [-0.2, -0.15) is 21.0 Å². The van der Waals surface area contributed by atoms with E-state index in [0.29, 0.717) is 51.8 Å². The van der Waals surface area contributed by atoms with Gasteiger partial charge in [0.1, 0.15) is 58.8 Å². The quantitative estimate of drug-likeness (QED) is 0.0601. The number of carbonyl (C=O) groups is 2. The van der Waals surface area contributed by atoms with Gasteiger partial charge in [-0.3, -0.25) is 0 Å². The minimum Gasteiger partial charge on any atom is -0.508 e. The monoisotopic (exact) mass is 1020 g/mol. The van der Waals surface area contributed by atoms with Crippen LogP contribution in [0.2, 0.25) is 0 Å². The number of ketones is 2. The van der Waals surface area contributed by atoms with Crippen molar-refractivity contribution in [1.82, 2.24) is 0 Å². The zero-order valence-electron chi connectivity index (χ0n) is 40.4. The molecule has 0 spiro atoms. The first-order valence-electron chi connectivity index (χ1n) is 24.0. The van der Waals surface area contributed by atoms with Crippen molar-refractivity contribution < 1.29 is 29.6 Å². The van der Waals surface area contributed by atoms with Crippen molar-refractivity contribution in [2.45, 2.75) is 65.2 Å². The maximum Gasteiger partial charge on any atom is 0.129 e. The molecule has 0 aliphatic rings. The van der Waals surface area contributed by atoms with Crippen molar-refractivity contribution >= 4 is 114 Å². The topological polar surface area (TPSA) is 199 Å². The van der Waals surface area contributed by atoms with Crippen LogP contribution >= 0.6 is 15.9 Å². The summed E-state index contributed by atoms with van der Waals surface area (Å²) in [6.07, 6.45) is 7.50. The maximum absolute atomic E-state index is 11.1. The number of unbranched alkanes of at least 4 members (excludes halogenated alkanes) is 4. The van der Waals surface area contributed by atoms with Gasteiger partial charge in [-0.1, -0.05) is 95.1 Å². The second-order valence-corrected chi connectivity index (χ2v) is 18.9. The van der Waals surface area contributed by atoms with Crippen LogP contribution in [-0.2, 0) is 9.59 Å². The molecule has 10 aromatic rings. The first-order chi connectivity index (χ1) is 35.4. The lowest BCUT2D eigenvalue weighted by molar-refractivity contribution is -0.117. The number of Topliss-reactive ketones (excluding diaryl/α,β-unsaturated/α-hetero) is 2. The predicted molar refractivity (Wildman–Crippen MR) is 294 cm³/mol. The summed E-state index contributed by atoms with van der Waals surface area (Å²) < 4.78 is 5.98. The third-order valence-electron chi connectivity index (χ3n) is 13.1. The number of halogens is 1. The van der Waals surface area contributed by atoms with Gasteiger partial charge in [-0.05, 0) is 159 Å². The van der Waals surface area contributed by atoms with Gasteiger partial charge in [-0.15, -0.1) is 0 Å². The van der Waals surface area contributed by atoms with E-state index in [0.717, 1.165) is 119 Å². The van der Waals surface area contributed by atoms with E-state index in [4.69, 9.17) is 4.74 Å². The number of rotatable bonds is 12. The van der Waals surface area contributed by atoms with Crippen LogP contribution in [0.4, 0.5) is 0 Å². The van der Waals surface area contributed by atoms with Crippen molar-refractivity contribution in [2.24, 2.45) is 0 Å². The van der Waals surface area contributed by atoms with Gasteiger partial charge in [0, 0.05) is 39.7 Å². The number of hydrogen-bond donors (Lipinski definition) is 3. The molecule has 0 aliphatic carbocycles. The molecule has 0 fully saturated rings. The van der Waals surface area contributed by atoms with Crippen molar-refractivity contribution in [3.63, 3.8) is 0 Å². The summed E-state index contributed by atoms with van der Waals surface area (Å²) in [5.41, 5.74) is 1.42. The summed E-state index contributed by atoms with van der Waals surface area (Å²) in [5, 5.41) is 83.9. The maximum atomic E-state index is 11.1. The van der Waals surface area contributed by atoms with Crippen molar-refractivity contribution in [3.05, 3.63) is 144 Å². The molecule has 10 nitrogen and oxygen atoms in total. The third-order valence-corrected chi connectivity index (χ3v) is 13.7. The number of nitriles is 4. The molecule has 0 aliphatic heterocycles. The van der Waals surface area contributed by atoms with Crippen molar-refractivity contribution in [2.75, 3.05) is 11.9 Å². The second kappa shape index (κ2) is 22.6. The van der Waals surface area contributed by atoms with E-state index in [2.05, 4.69) is 40.2 Å². The lowest BCUT2D eigenvalue weighted by Crippen LogP contribution is -1.98. The molecule has 0 saturated heterocycles. The number of phenols is 3. The number of ether oxygens (including phenoxy) is 1. The average Bonchev–Trinajstić information content (AvgIpc) is 3.39. The van der Waals surface area contributed by atoms with E-state index in [9.17, 15) is 46.0 Å². The molecule has 0 atom stereocenters. The number of benzene rings is 10. The third kappa shape index (κ3) is 10.5. The molecule has 0 saturated carbocycles. The molecule has 3 N–H and O–H groups in total. The van der Waals surface area contributed by atoms with Gasteiger partial charge in [0.05, 0.1) is 28.9 Å². The minimum absolute atomic E-state index is 0.167. The fourth-order valence-corrected chi connectivity index (χ4v) is 10.1. The fourth-order valence-electron chi connectivity index (χ4n) is 9.75. The Hall–Kier alpha value is -8.74. The lowest BCUT2D eigenvalue weighted by Gasteiger charge is -2.15. The Labute approximate surface area is 430 Å². The van der Waals surface area contributed by atoms with E-state index in [-0.39, 0.29) is 23.0 Å². The van der Waals surface area contributed by atoms with Crippen molar-refractivity contribution in [1.29, 1.82) is 21.0 Å². The van der Waals surface area contributed by atoms with Crippen LogP contribution in [0.15, 0.2) is 121 Å². The largest absolute Gasteiger partial charge is 0.508 e. The van der Waals surface area contributed by atoms with E-state index in [1.54, 1.807) is 50.2 Å². The summed E-state index contributed by atoms with van der Waals surface area (Å²) in [5.74, 6) is 1.80. The van der Waals surface area contributed by atoms with Crippen LogP contribution in [0.3, 0.4) is 0 Å². The summed E-state index contributed by atoms with van der Waals surface area (Å²) >= 11 is 3.33. The molecule has 10 aromatic carbocycles. The minimum atomic E-state index is 0.167. The van der Waals surface area contributed by atoms with Gasteiger partial charge in [0.15, 0.2) is 0 Å². The zero-order chi connectivity index (χ0) is 51.8. The Morgan fingerprint density at radius 2 is 0.740 bits per heavy atom. The first kappa shape index (κ1) is 50.6. The summed E-state index contributed by atoms with van der Waals surface area (Å²) in [6, 6.07) is 45.3. The van der Waals surface area contributed by atoms with Crippen molar-refractivity contribution in [3.8, 4) is 47.3 Å². The Morgan fingerprint density at radius 3 is 1.07 bits per heavy atom. The Morgan fingerprint density at radius 1 is 0.425 bits per heavy atom. The number of aromatic hydroxyl groups is 3. The molecule has 0 radical (unpaired) electrons. The van der Waals surface area contributed by atoms with E-state index >= 15 is 0 Å². The molecule has 73 heavy (non-hydrogen) atoms. The normalized spacial score (nSPS) is 10.9. The predicted octanol–water partition coefficient (Wildman–Crippen LogP) is 15.3. The highest BCUT2D eigenvalue weighted by Gasteiger charge is 2.20. The summed E-state index contributed by atoms with van der Waals surface area (Å²) in [7, 11) is 0. The number of fused-ring (bicyclic) bond motifs is 14. The van der Waals surface area contributed by atoms with E-state index in [1.165, 1.54) is 12.8 Å². The molecule has 10 rings (SSSR count). The highest BCUT2D eigenvalue weighted by atomic mass is 79.9. The highest BCUT2D eigenvalue weighted by Crippen LogP contribution is 2.43. The zero-order valence-corrected chi connectivity index (χ0v) is 41.9. The fraction of sp³-hybridized carbons (Fsp3) is 0.194. The Balaban J connectivity index is 0.000000170. The number of hydrogen-bond acceptors (Lipinski definition) is 10. The molecule has 0 heterocycles. The highest BCUT2D eigenvalue weighted by molar-refractivity contribution is 9.09. The van der Waals surface area contributed by atoms with Crippen LogP contribution in [-0.4, -0.2) is 38.8 Å². The molecule has 360 valence electrons. The summed E-state index contributed by atoms with van der Waals surface area (Å²) in [4.78, 5) is 21.5. The standard InChI is InChI=1S/C31H24N2O3.C24H12N2O2.C7H13BrO/c1-19(34)5-3-2-4-14-36-23-9-13-25-21(16-23)7-11-27-29(18-33)28(17-32)26-10-6-20-15-22(35)8-12-24(20)30(26)31(25)27;25-11-21-19-5-1-13-9-15(27)3-7-17(13)23(19)24-18-8-4-16(28)10-14(18)2-6-20(24)22(21)12-26;1-7(9)5-3-2-4-6-8/h6-13,15-16,35H,2-5,14H2,1H3;1-10,27-28H;2-6H2,1H3. The van der Waals surface area contributed by atoms with Crippen LogP contribution in [0.1, 0.15) is 87.5 Å². The molecule has 0 amide bonds. The Kier molecular flexibility index (Phi) is 15.6. The van der Waals surface area contributed by atoms with Gasteiger partial charge in [0.25, 0.3) is 0 Å². The van der Waals surface area contributed by atoms with Gasteiger partial charge < -0.3 is 29.6 Å². The van der Waals surface area contributed by atoms with Crippen LogP contribution in [0, 0.1) is 45.3 Å².